The molecule has 0 bridgehead atoms. The zero-order chi connectivity index (χ0) is 29.6. The molecule has 220 valence electrons. The van der Waals surface area contributed by atoms with Crippen LogP contribution < -0.4 is 24.4 Å². The summed E-state index contributed by atoms with van der Waals surface area (Å²) in [5, 5.41) is 12.1. The van der Waals surface area contributed by atoms with Crippen molar-refractivity contribution in [1.29, 1.82) is 0 Å². The molecule has 0 spiro atoms. The van der Waals surface area contributed by atoms with Crippen molar-refractivity contribution < 1.29 is 37.3 Å². The molecule has 4 rings (SSSR count). The number of carboxylic acids is 1. The van der Waals surface area contributed by atoms with Gasteiger partial charge in [0.2, 0.25) is 11.9 Å². The first-order valence-electron chi connectivity index (χ1n) is 13.1. The molecule has 3 aromatic rings. The number of aromatic nitrogens is 3. The lowest BCUT2D eigenvalue weighted by atomic mass is 10.00. The third-order valence-electron chi connectivity index (χ3n) is 6.43. The predicted octanol–water partition coefficient (Wildman–Crippen LogP) is 5.57. The molecule has 1 aliphatic rings. The third kappa shape index (κ3) is 8.35. The van der Waals surface area contributed by atoms with Crippen molar-refractivity contribution in [3.63, 3.8) is 0 Å². The van der Waals surface area contributed by atoms with Crippen molar-refractivity contribution in [2.45, 2.75) is 45.4 Å². The van der Waals surface area contributed by atoms with E-state index in [2.05, 4.69) is 27.2 Å². The Morgan fingerprint density at radius 1 is 0.951 bits per heavy atom. The van der Waals surface area contributed by atoms with Crippen molar-refractivity contribution in [1.82, 2.24) is 15.0 Å². The summed E-state index contributed by atoms with van der Waals surface area (Å²) in [6.45, 7) is 6.89. The number of nitrogens with one attached hydrogen (secondary N) is 1. The van der Waals surface area contributed by atoms with Gasteiger partial charge in [-0.15, -0.1) is 0 Å². The van der Waals surface area contributed by atoms with Crippen LogP contribution in [0.15, 0.2) is 48.5 Å². The Balaban J connectivity index is 1.39. The SMILES string of the molecule is CC1CCN(c2nc(Nc3ccc(C(F)(F)F)cc3)nc(OCCOc3ccc(OC(C)(C)C(=O)O)cc3)n2)CC1. The number of anilines is 3. The van der Waals surface area contributed by atoms with E-state index in [0.29, 0.717) is 29.1 Å². The normalized spacial score (nSPS) is 14.4. The first-order chi connectivity index (χ1) is 19.4. The smallest absolute Gasteiger partial charge is 0.416 e. The minimum absolute atomic E-state index is 0.0475. The molecule has 0 saturated carbocycles. The van der Waals surface area contributed by atoms with Crippen molar-refractivity contribution in [2.24, 2.45) is 5.92 Å². The van der Waals surface area contributed by atoms with Crippen molar-refractivity contribution in [3.05, 3.63) is 54.1 Å². The first-order valence-corrected chi connectivity index (χ1v) is 13.1. The highest BCUT2D eigenvalue weighted by Gasteiger charge is 2.30. The van der Waals surface area contributed by atoms with Gasteiger partial charge in [-0.25, -0.2) is 4.79 Å². The molecule has 41 heavy (non-hydrogen) atoms. The van der Waals surface area contributed by atoms with E-state index in [0.717, 1.165) is 38.1 Å². The molecule has 0 aliphatic carbocycles. The van der Waals surface area contributed by atoms with E-state index in [-0.39, 0.29) is 25.2 Å². The number of hydrogen-bond donors (Lipinski definition) is 2. The van der Waals surface area contributed by atoms with Crippen LogP contribution in [0.1, 0.15) is 39.2 Å². The number of aliphatic carboxylic acids is 1. The highest BCUT2D eigenvalue weighted by molar-refractivity contribution is 5.76. The quantitative estimate of drug-likeness (QED) is 0.281. The minimum Gasteiger partial charge on any atom is -0.490 e. The summed E-state index contributed by atoms with van der Waals surface area (Å²) in [7, 11) is 0. The van der Waals surface area contributed by atoms with Crippen LogP contribution in [0.4, 0.5) is 30.8 Å². The lowest BCUT2D eigenvalue weighted by Gasteiger charge is -2.30. The van der Waals surface area contributed by atoms with Crippen LogP contribution in [-0.2, 0) is 11.0 Å². The van der Waals surface area contributed by atoms with Gasteiger partial charge in [-0.05, 0) is 81.1 Å². The van der Waals surface area contributed by atoms with E-state index >= 15 is 0 Å². The molecule has 0 atom stereocenters. The van der Waals surface area contributed by atoms with Crippen molar-refractivity contribution in [3.8, 4) is 17.5 Å². The van der Waals surface area contributed by atoms with Crippen LogP contribution in [0.25, 0.3) is 0 Å². The number of benzene rings is 2. The van der Waals surface area contributed by atoms with E-state index in [9.17, 15) is 23.1 Å². The van der Waals surface area contributed by atoms with Gasteiger partial charge in [0, 0.05) is 18.8 Å². The monoisotopic (exact) mass is 575 g/mol. The van der Waals surface area contributed by atoms with Gasteiger partial charge in [-0.2, -0.15) is 28.1 Å². The lowest BCUT2D eigenvalue weighted by molar-refractivity contribution is -0.152. The topological polar surface area (TPSA) is 119 Å². The van der Waals surface area contributed by atoms with Crippen LogP contribution in [0.3, 0.4) is 0 Å². The third-order valence-corrected chi connectivity index (χ3v) is 6.43. The Morgan fingerprint density at radius 3 is 2.17 bits per heavy atom. The van der Waals surface area contributed by atoms with Gasteiger partial charge in [0.1, 0.15) is 24.7 Å². The molecule has 2 N–H and O–H groups in total. The van der Waals surface area contributed by atoms with E-state index in [1.165, 1.54) is 26.0 Å². The fourth-order valence-corrected chi connectivity index (χ4v) is 3.92. The number of hydrogen-bond acceptors (Lipinski definition) is 9. The van der Waals surface area contributed by atoms with Gasteiger partial charge in [-0.1, -0.05) is 6.92 Å². The average Bonchev–Trinajstić information content (AvgIpc) is 2.92. The molecule has 1 aliphatic heterocycles. The Labute approximate surface area is 235 Å². The average molecular weight is 576 g/mol. The number of piperidine rings is 1. The second kappa shape index (κ2) is 12.5. The summed E-state index contributed by atoms with van der Waals surface area (Å²) in [6, 6.07) is 11.1. The molecular formula is C28H32F3N5O5. The maximum atomic E-state index is 12.9. The summed E-state index contributed by atoms with van der Waals surface area (Å²) >= 11 is 0. The number of nitrogens with zero attached hydrogens (tertiary/aromatic N) is 4. The number of alkyl halides is 3. The Bertz CT molecular complexity index is 1310. The molecule has 1 fully saturated rings. The van der Waals surface area contributed by atoms with E-state index in [4.69, 9.17) is 14.2 Å². The molecule has 0 unspecified atom stereocenters. The maximum absolute atomic E-state index is 12.9. The standard InChI is InChI=1S/C28H32F3N5O5/c1-18-12-14-36(15-13-18)25-33-24(32-20-6-4-19(5-7-20)28(29,30)31)34-26(35-25)40-17-16-39-21-8-10-22(11-9-21)41-27(2,3)23(37)38/h4-11,18H,12-17H2,1-3H3,(H,37,38)(H,32,33,34,35). The minimum atomic E-state index is -4.43. The number of rotatable bonds is 11. The van der Waals surface area contributed by atoms with E-state index < -0.39 is 23.3 Å². The number of carboxylic acid groups (broad SMARTS) is 1. The number of halogens is 3. The summed E-state index contributed by atoms with van der Waals surface area (Å²) in [4.78, 5) is 26.5. The molecule has 2 heterocycles. The van der Waals surface area contributed by atoms with Crippen LogP contribution in [0.2, 0.25) is 0 Å². The Morgan fingerprint density at radius 2 is 1.56 bits per heavy atom. The van der Waals surface area contributed by atoms with Crippen LogP contribution in [0.5, 0.6) is 17.5 Å². The summed E-state index contributed by atoms with van der Waals surface area (Å²) in [5.41, 5.74) is -1.74. The highest BCUT2D eigenvalue weighted by Crippen LogP contribution is 2.30. The Kier molecular flexibility index (Phi) is 9.04. The first kappa shape index (κ1) is 29.7. The van der Waals surface area contributed by atoms with Crippen molar-refractivity contribution >= 4 is 23.6 Å². The van der Waals surface area contributed by atoms with E-state index in [1.54, 1.807) is 24.3 Å². The molecule has 2 aromatic carbocycles. The van der Waals surface area contributed by atoms with E-state index in [1.807, 2.05) is 4.90 Å². The molecule has 0 radical (unpaired) electrons. The number of carbonyl (C=O) groups is 1. The molecule has 1 aromatic heterocycles. The van der Waals surface area contributed by atoms with Gasteiger partial charge >= 0.3 is 18.2 Å². The molecular weight excluding hydrogens is 543 g/mol. The molecule has 10 nitrogen and oxygen atoms in total. The van der Waals surface area contributed by atoms with Gasteiger partial charge in [0.15, 0.2) is 5.60 Å². The van der Waals surface area contributed by atoms with Crippen molar-refractivity contribution in [2.75, 3.05) is 36.5 Å². The lowest BCUT2D eigenvalue weighted by Crippen LogP contribution is -2.37. The van der Waals surface area contributed by atoms with Crippen LogP contribution in [0, 0.1) is 5.92 Å². The van der Waals surface area contributed by atoms with Crippen LogP contribution >= 0.6 is 0 Å². The number of ether oxygens (including phenoxy) is 3. The van der Waals surface area contributed by atoms with Gasteiger partial charge in [0.25, 0.3) is 0 Å². The molecule has 0 amide bonds. The molecule has 13 heteroatoms. The summed E-state index contributed by atoms with van der Waals surface area (Å²) in [6.07, 6.45) is -2.47. The largest absolute Gasteiger partial charge is 0.490 e. The fraction of sp³-hybridized carbons (Fsp3) is 0.429. The fourth-order valence-electron chi connectivity index (χ4n) is 3.92. The molecule has 1 saturated heterocycles. The zero-order valence-electron chi connectivity index (χ0n) is 22.9. The van der Waals surface area contributed by atoms with Crippen LogP contribution in [-0.4, -0.2) is 57.9 Å². The Hall–Kier alpha value is -4.29. The highest BCUT2D eigenvalue weighted by atomic mass is 19.4. The summed E-state index contributed by atoms with van der Waals surface area (Å²) in [5.74, 6) is 0.983. The second-order valence-corrected chi connectivity index (χ2v) is 10.2. The summed E-state index contributed by atoms with van der Waals surface area (Å²) < 4.78 is 55.7. The zero-order valence-corrected chi connectivity index (χ0v) is 22.9. The van der Waals surface area contributed by atoms with Gasteiger partial charge < -0.3 is 29.5 Å². The predicted molar refractivity (Wildman–Crippen MR) is 145 cm³/mol. The maximum Gasteiger partial charge on any atom is 0.416 e. The van der Waals surface area contributed by atoms with Gasteiger partial charge in [0.05, 0.1) is 5.56 Å². The van der Waals surface area contributed by atoms with Gasteiger partial charge in [-0.3, -0.25) is 0 Å². The second-order valence-electron chi connectivity index (χ2n) is 10.2.